The van der Waals surface area contributed by atoms with Crippen LogP contribution in [0.2, 0.25) is 5.02 Å². The molecule has 0 bridgehead atoms. The number of nitro groups is 1. The zero-order valence-electron chi connectivity index (χ0n) is 14.1. The molecule has 1 atom stereocenters. The van der Waals surface area contributed by atoms with E-state index in [0.29, 0.717) is 10.9 Å². The number of ether oxygens (including phenoxy) is 1. The highest BCUT2D eigenvalue weighted by Gasteiger charge is 2.36. The molecule has 4 rings (SSSR count). The minimum Gasteiger partial charge on any atom is -0.439 e. The minimum atomic E-state index is -1.01. The Morgan fingerprint density at radius 2 is 2.04 bits per heavy atom. The van der Waals surface area contributed by atoms with Crippen molar-refractivity contribution in [2.75, 3.05) is 0 Å². The van der Waals surface area contributed by atoms with Gasteiger partial charge in [0.2, 0.25) is 5.88 Å². The first-order chi connectivity index (χ1) is 13.4. The highest BCUT2D eigenvalue weighted by atomic mass is 35.5. The summed E-state index contributed by atoms with van der Waals surface area (Å²) in [6.45, 7) is 0. The van der Waals surface area contributed by atoms with Crippen molar-refractivity contribution in [2.24, 2.45) is 5.73 Å². The minimum absolute atomic E-state index is 0.0457. The molecule has 1 aromatic heterocycles. The molecule has 3 aromatic rings. The second-order valence-electron chi connectivity index (χ2n) is 6.13. The average Bonchev–Trinajstić information content (AvgIpc) is 2.67. The summed E-state index contributed by atoms with van der Waals surface area (Å²) in [4.78, 5) is 26.3. The molecule has 1 aliphatic rings. The zero-order valence-corrected chi connectivity index (χ0v) is 14.9. The summed E-state index contributed by atoms with van der Waals surface area (Å²) in [5.41, 5.74) is 6.07. The second-order valence-corrected chi connectivity index (χ2v) is 6.54. The number of hydrogen-bond acceptors (Lipinski definition) is 6. The van der Waals surface area contributed by atoms with Gasteiger partial charge in [0.25, 0.3) is 11.2 Å². The summed E-state index contributed by atoms with van der Waals surface area (Å²) in [6, 6.07) is 12.7. The lowest BCUT2D eigenvalue weighted by Gasteiger charge is -2.27. The first kappa shape index (κ1) is 17.6. The van der Waals surface area contributed by atoms with Gasteiger partial charge in [-0.3, -0.25) is 14.9 Å². The van der Waals surface area contributed by atoms with Gasteiger partial charge in [-0.2, -0.15) is 5.26 Å². The molecular weight excluding hydrogens is 384 g/mol. The van der Waals surface area contributed by atoms with Crippen molar-refractivity contribution >= 4 is 28.2 Å². The number of halogens is 1. The smallest absolute Gasteiger partial charge is 0.269 e. The van der Waals surface area contributed by atoms with Gasteiger partial charge in [-0.25, -0.2) is 0 Å². The number of para-hydroxylation sites is 1. The number of nitrogens with one attached hydrogen (secondary N) is 1. The number of H-pyrrole nitrogens is 1. The summed E-state index contributed by atoms with van der Waals surface area (Å²) in [5.74, 6) is -0.990. The van der Waals surface area contributed by atoms with Crippen LogP contribution in [-0.4, -0.2) is 9.91 Å². The van der Waals surface area contributed by atoms with Gasteiger partial charge in [-0.05, 0) is 23.8 Å². The van der Waals surface area contributed by atoms with Crippen molar-refractivity contribution in [3.8, 4) is 11.8 Å². The summed E-state index contributed by atoms with van der Waals surface area (Å²) in [5, 5.41) is 21.6. The maximum atomic E-state index is 12.9. The van der Waals surface area contributed by atoms with E-state index in [9.17, 15) is 20.2 Å². The van der Waals surface area contributed by atoms with Crippen LogP contribution >= 0.6 is 11.6 Å². The number of nitriles is 1. The number of pyridine rings is 1. The molecule has 0 saturated heterocycles. The Kier molecular flexibility index (Phi) is 4.02. The van der Waals surface area contributed by atoms with Crippen LogP contribution in [0.4, 0.5) is 5.69 Å². The van der Waals surface area contributed by atoms with Gasteiger partial charge in [0, 0.05) is 22.5 Å². The highest BCUT2D eigenvalue weighted by molar-refractivity contribution is 6.31. The van der Waals surface area contributed by atoms with E-state index < -0.39 is 16.4 Å². The Labute approximate surface area is 162 Å². The molecule has 0 spiro atoms. The number of nitrogens with two attached hydrogens (primary N) is 1. The van der Waals surface area contributed by atoms with Crippen LogP contribution in [0.15, 0.2) is 58.7 Å². The van der Waals surface area contributed by atoms with E-state index in [1.165, 1.54) is 18.2 Å². The number of rotatable bonds is 2. The second kappa shape index (κ2) is 6.40. The molecule has 0 amide bonds. The summed E-state index contributed by atoms with van der Waals surface area (Å²) >= 11 is 6.29. The van der Waals surface area contributed by atoms with Gasteiger partial charge in [0.05, 0.1) is 21.9 Å². The first-order valence-corrected chi connectivity index (χ1v) is 8.46. The number of non-ortho nitro benzene ring substituents is 1. The number of fused-ring (bicyclic) bond motifs is 3. The molecule has 0 radical (unpaired) electrons. The van der Waals surface area contributed by atoms with E-state index in [2.05, 4.69) is 4.98 Å². The monoisotopic (exact) mass is 394 g/mol. The van der Waals surface area contributed by atoms with E-state index in [1.807, 2.05) is 6.07 Å². The molecule has 0 saturated carbocycles. The number of aromatic amines is 1. The van der Waals surface area contributed by atoms with E-state index >= 15 is 0 Å². The van der Waals surface area contributed by atoms with Crippen LogP contribution in [-0.2, 0) is 0 Å². The maximum absolute atomic E-state index is 12.9. The lowest BCUT2D eigenvalue weighted by Crippen LogP contribution is -2.28. The molecule has 138 valence electrons. The Morgan fingerprint density at radius 3 is 2.75 bits per heavy atom. The molecule has 1 unspecified atom stereocenters. The van der Waals surface area contributed by atoms with Crippen molar-refractivity contribution in [2.45, 2.75) is 5.92 Å². The fraction of sp³-hybridized carbons (Fsp3) is 0.0526. The van der Waals surface area contributed by atoms with Crippen LogP contribution in [0.5, 0.6) is 5.75 Å². The lowest BCUT2D eigenvalue weighted by molar-refractivity contribution is -0.384. The van der Waals surface area contributed by atoms with Gasteiger partial charge in [-0.1, -0.05) is 23.7 Å². The number of hydrogen-bond donors (Lipinski definition) is 2. The normalized spacial score (nSPS) is 15.6. The van der Waals surface area contributed by atoms with Crippen LogP contribution in [0, 0.1) is 21.4 Å². The van der Waals surface area contributed by atoms with E-state index in [0.717, 1.165) is 0 Å². The molecule has 3 N–H and O–H groups in total. The molecule has 0 aliphatic carbocycles. The molecular formula is C19H11ClN4O4. The van der Waals surface area contributed by atoms with Crippen molar-refractivity contribution in [3.63, 3.8) is 0 Å². The predicted octanol–water partition coefficient (Wildman–Crippen LogP) is 3.31. The molecule has 2 heterocycles. The Bertz CT molecular complexity index is 1290. The van der Waals surface area contributed by atoms with Crippen molar-refractivity contribution in [1.82, 2.24) is 4.98 Å². The predicted molar refractivity (Wildman–Crippen MR) is 102 cm³/mol. The quantitative estimate of drug-likeness (QED) is 0.505. The van der Waals surface area contributed by atoms with Gasteiger partial charge >= 0.3 is 0 Å². The largest absolute Gasteiger partial charge is 0.439 e. The fourth-order valence-electron chi connectivity index (χ4n) is 3.35. The molecule has 1 aliphatic heterocycles. The van der Waals surface area contributed by atoms with Gasteiger partial charge in [0.15, 0.2) is 0 Å². The van der Waals surface area contributed by atoms with Gasteiger partial charge in [0.1, 0.15) is 17.4 Å². The number of nitro benzene ring substituents is 1. The van der Waals surface area contributed by atoms with Crippen molar-refractivity contribution < 1.29 is 9.66 Å². The number of allylic oxidation sites excluding steroid dienone is 1. The Balaban J connectivity index is 2.10. The van der Waals surface area contributed by atoms with Crippen LogP contribution < -0.4 is 16.0 Å². The molecule has 8 nitrogen and oxygen atoms in total. The van der Waals surface area contributed by atoms with Crippen LogP contribution in [0.25, 0.3) is 10.9 Å². The van der Waals surface area contributed by atoms with Gasteiger partial charge < -0.3 is 15.5 Å². The number of benzene rings is 2. The van der Waals surface area contributed by atoms with Crippen molar-refractivity contribution in [3.05, 3.63) is 90.5 Å². The van der Waals surface area contributed by atoms with E-state index in [-0.39, 0.29) is 39.0 Å². The van der Waals surface area contributed by atoms with Crippen molar-refractivity contribution in [1.29, 1.82) is 5.26 Å². The summed E-state index contributed by atoms with van der Waals surface area (Å²) in [6.07, 6.45) is 0. The SMILES string of the molecule is N#CC1=C(N)Oc2c(c(=O)[nH]c3ccccc23)C1c1cc([N+](=O)[O-])ccc1Cl. The third-order valence-corrected chi connectivity index (χ3v) is 4.93. The van der Waals surface area contributed by atoms with E-state index in [1.54, 1.807) is 24.3 Å². The lowest BCUT2D eigenvalue weighted by atomic mass is 9.83. The van der Waals surface area contributed by atoms with Gasteiger partial charge in [-0.15, -0.1) is 0 Å². The number of nitrogens with zero attached hydrogens (tertiary/aromatic N) is 2. The first-order valence-electron chi connectivity index (χ1n) is 8.08. The summed E-state index contributed by atoms with van der Waals surface area (Å²) < 4.78 is 5.64. The standard InChI is InChI=1S/C19H11ClN4O4/c20-13-6-5-9(24(26)27)7-11(13)15-12(8-21)18(22)28-17-10-3-1-2-4-14(10)23-19(25)16(15)17/h1-7,15H,22H2,(H,23,25). The van der Waals surface area contributed by atoms with Crippen LogP contribution in [0.1, 0.15) is 17.0 Å². The number of aromatic nitrogens is 1. The third-order valence-electron chi connectivity index (χ3n) is 4.59. The van der Waals surface area contributed by atoms with Crippen LogP contribution in [0.3, 0.4) is 0 Å². The van der Waals surface area contributed by atoms with E-state index in [4.69, 9.17) is 22.1 Å². The Hall–Kier alpha value is -3.83. The third kappa shape index (κ3) is 2.57. The molecule has 0 fully saturated rings. The fourth-order valence-corrected chi connectivity index (χ4v) is 3.57. The summed E-state index contributed by atoms with van der Waals surface area (Å²) in [7, 11) is 0. The Morgan fingerprint density at radius 1 is 1.29 bits per heavy atom. The maximum Gasteiger partial charge on any atom is 0.269 e. The molecule has 9 heteroatoms. The average molecular weight is 395 g/mol. The molecule has 28 heavy (non-hydrogen) atoms. The highest BCUT2D eigenvalue weighted by Crippen LogP contribution is 2.45. The topological polar surface area (TPSA) is 135 Å². The molecule has 2 aromatic carbocycles. The zero-order chi connectivity index (χ0) is 20.0.